The van der Waals surface area contributed by atoms with E-state index < -0.39 is 16.6 Å². The molecule has 56 heavy (non-hydrogen) atoms. The fourth-order valence-electron chi connectivity index (χ4n) is 8.51. The molecule has 3 unspecified atom stereocenters. The summed E-state index contributed by atoms with van der Waals surface area (Å²) < 4.78 is 32.8. The zero-order valence-electron chi connectivity index (χ0n) is 36.4. The molecule has 11 heteroatoms. The van der Waals surface area contributed by atoms with Crippen LogP contribution in [0.1, 0.15) is 103 Å². The maximum absolute atomic E-state index is 13.2. The summed E-state index contributed by atoms with van der Waals surface area (Å²) in [5.41, 5.74) is 3.27. The summed E-state index contributed by atoms with van der Waals surface area (Å²) in [6.45, 7) is 24.7. The molecule has 0 bridgehead atoms. The number of anilines is 1. The van der Waals surface area contributed by atoms with Crippen LogP contribution >= 0.6 is 11.6 Å². The molecule has 0 saturated carbocycles. The van der Waals surface area contributed by atoms with E-state index in [1.807, 2.05) is 32.0 Å². The average molecular weight is 818 g/mol. The van der Waals surface area contributed by atoms with E-state index in [9.17, 15) is 9.00 Å². The lowest BCUT2D eigenvalue weighted by Crippen LogP contribution is -2.48. The number of rotatable bonds is 14. The second-order valence-corrected chi connectivity index (χ2v) is 17.6. The summed E-state index contributed by atoms with van der Waals surface area (Å²) in [6, 6.07) is 12.5. The second-order valence-electron chi connectivity index (χ2n) is 15.9. The highest BCUT2D eigenvalue weighted by Crippen LogP contribution is 2.45. The lowest BCUT2D eigenvalue weighted by Gasteiger charge is -2.43. The van der Waals surface area contributed by atoms with Crippen LogP contribution in [-0.2, 0) is 32.3 Å². The van der Waals surface area contributed by atoms with Crippen molar-refractivity contribution in [3.63, 3.8) is 0 Å². The van der Waals surface area contributed by atoms with Crippen LogP contribution in [0.3, 0.4) is 0 Å². The molecule has 316 valence electrons. The topological polar surface area (TPSA) is 83.6 Å². The van der Waals surface area contributed by atoms with Crippen molar-refractivity contribution in [1.82, 2.24) is 14.5 Å². The van der Waals surface area contributed by atoms with Crippen LogP contribution in [0.5, 0.6) is 5.75 Å². The number of benzene rings is 2. The van der Waals surface area contributed by atoms with Crippen LogP contribution in [0.4, 0.5) is 5.69 Å². The lowest BCUT2D eigenvalue weighted by atomic mass is 9.70. The Morgan fingerprint density at radius 3 is 2.43 bits per heavy atom. The Morgan fingerprint density at radius 1 is 1.09 bits per heavy atom. The van der Waals surface area contributed by atoms with Gasteiger partial charge in [-0.3, -0.25) is 14.4 Å². The molecule has 9 nitrogen and oxygen atoms in total. The minimum absolute atomic E-state index is 0.227. The van der Waals surface area contributed by atoms with Gasteiger partial charge < -0.3 is 24.0 Å². The molecular formula is C45H73ClN4O5S. The van der Waals surface area contributed by atoms with Crippen LogP contribution in [-0.4, -0.2) is 111 Å². The number of fused-ring (bicyclic) bond motifs is 3. The predicted octanol–water partition coefficient (Wildman–Crippen LogP) is 8.56. The van der Waals surface area contributed by atoms with Crippen LogP contribution in [0.2, 0.25) is 5.02 Å². The van der Waals surface area contributed by atoms with Gasteiger partial charge in [-0.15, -0.1) is 0 Å². The number of hydrogen-bond donors (Lipinski definition) is 1. The molecule has 0 radical (unpaired) electrons. The van der Waals surface area contributed by atoms with Gasteiger partial charge in [-0.1, -0.05) is 64.4 Å². The standard InChI is InChI=1S/C35H49ClN2O5S.C8H18N2.C2H6/c1-7-9-16-34(4,42-6)29(8-2)25(3)22-38-23-35(17-10-11-26-20-28(36)13-14-30(26)35)24-43-32-15-12-27(21-31(32)38)33(39)37-44(40)19-18-41-5;1-8(2)10-6-4-9(3)5-7-10;1-2/h9,12-16,20-21,25,29H,7-8,10-11,17-19,22-24H2,1-6H3,(H,37,39);8H,4-7H2,1-3H3;1-2H3/b16-9+;;/t25?,29?,34-,35-,44?;;/m0../s1. The Hall–Kier alpha value is -2.47. The van der Waals surface area contributed by atoms with Gasteiger partial charge in [-0.25, -0.2) is 4.21 Å². The summed E-state index contributed by atoms with van der Waals surface area (Å²) in [5, 5.41) is 0.757. The first-order valence-electron chi connectivity index (χ1n) is 20.9. The molecule has 1 spiro atoms. The molecule has 0 aromatic heterocycles. The third kappa shape index (κ3) is 12.8. The van der Waals surface area contributed by atoms with Crippen molar-refractivity contribution in [1.29, 1.82) is 0 Å². The third-order valence-electron chi connectivity index (χ3n) is 11.7. The van der Waals surface area contributed by atoms with Gasteiger partial charge in [0.25, 0.3) is 5.91 Å². The highest BCUT2D eigenvalue weighted by molar-refractivity contribution is 7.83. The Bertz CT molecular complexity index is 1570. The number of likely N-dealkylation sites (N-methyl/N-ethyl adjacent to an activating group) is 1. The number of piperazine rings is 1. The zero-order valence-corrected chi connectivity index (χ0v) is 38.0. The quantitative estimate of drug-likeness (QED) is 0.190. The number of carbonyl (C=O) groups is 1. The highest BCUT2D eigenvalue weighted by Gasteiger charge is 2.43. The summed E-state index contributed by atoms with van der Waals surface area (Å²) in [5.74, 6) is 1.11. The Kier molecular flexibility index (Phi) is 19.8. The molecule has 1 N–H and O–H groups in total. The van der Waals surface area contributed by atoms with Crippen molar-refractivity contribution in [3.8, 4) is 5.75 Å². The first-order chi connectivity index (χ1) is 26.8. The van der Waals surface area contributed by atoms with E-state index >= 15 is 0 Å². The number of ether oxygens (including phenoxy) is 3. The van der Waals surface area contributed by atoms with Crippen LogP contribution in [0.25, 0.3) is 0 Å². The van der Waals surface area contributed by atoms with Crippen molar-refractivity contribution in [3.05, 3.63) is 70.3 Å². The largest absolute Gasteiger partial charge is 0.490 e. The van der Waals surface area contributed by atoms with Gasteiger partial charge in [0.05, 0.1) is 30.3 Å². The van der Waals surface area contributed by atoms with Gasteiger partial charge in [0.15, 0.2) is 0 Å². The van der Waals surface area contributed by atoms with E-state index in [-0.39, 0.29) is 28.9 Å². The van der Waals surface area contributed by atoms with Crippen molar-refractivity contribution >= 4 is 34.2 Å². The van der Waals surface area contributed by atoms with Crippen molar-refractivity contribution < 1.29 is 23.2 Å². The summed E-state index contributed by atoms with van der Waals surface area (Å²) in [7, 11) is 4.00. The van der Waals surface area contributed by atoms with Gasteiger partial charge in [0, 0.05) is 75.5 Å². The molecule has 3 aliphatic rings. The second kappa shape index (κ2) is 23.2. The fraction of sp³-hybridized carbons (Fsp3) is 0.667. The minimum atomic E-state index is -1.53. The molecular weight excluding hydrogens is 744 g/mol. The number of halogens is 1. The van der Waals surface area contributed by atoms with Crippen LogP contribution in [0.15, 0.2) is 48.6 Å². The Morgan fingerprint density at radius 2 is 1.80 bits per heavy atom. The monoisotopic (exact) mass is 816 g/mol. The number of hydrogen-bond acceptors (Lipinski definition) is 8. The molecule has 2 aromatic carbocycles. The normalized spacial score (nSPS) is 21.3. The highest BCUT2D eigenvalue weighted by atomic mass is 35.5. The smallest absolute Gasteiger partial charge is 0.263 e. The van der Waals surface area contributed by atoms with Gasteiger partial charge in [0.1, 0.15) is 16.7 Å². The number of amides is 1. The number of allylic oxidation sites excluding steroid dienone is 1. The molecule has 2 aliphatic heterocycles. The van der Waals surface area contributed by atoms with E-state index in [1.165, 1.54) is 37.3 Å². The summed E-state index contributed by atoms with van der Waals surface area (Å²) in [6.07, 6.45) is 9.36. The summed E-state index contributed by atoms with van der Waals surface area (Å²) in [4.78, 5) is 20.5. The molecule has 2 aromatic rings. The average Bonchev–Trinajstić information content (AvgIpc) is 3.34. The molecule has 1 aliphatic carbocycles. The van der Waals surface area contributed by atoms with Crippen molar-refractivity contribution in [2.75, 3.05) is 84.4 Å². The number of nitrogens with zero attached hydrogens (tertiary/aromatic N) is 3. The number of carbonyl (C=O) groups excluding carboxylic acids is 1. The van der Waals surface area contributed by atoms with E-state index in [0.717, 1.165) is 67.7 Å². The van der Waals surface area contributed by atoms with E-state index in [2.05, 4.69) is 92.3 Å². The number of methoxy groups -OCH3 is 2. The first-order valence-corrected chi connectivity index (χ1v) is 22.6. The molecule has 1 saturated heterocycles. The molecule has 1 amide bonds. The number of aryl methyl sites for hydroxylation is 1. The molecule has 5 rings (SSSR count). The molecule has 5 atom stereocenters. The van der Waals surface area contributed by atoms with Gasteiger partial charge in [-0.05, 0) is 113 Å². The minimum Gasteiger partial charge on any atom is -0.490 e. The van der Waals surface area contributed by atoms with E-state index in [0.29, 0.717) is 18.8 Å². The SMILES string of the molecule is CC.CC(C)N1CCN(C)CC1.CC/C=C/[C@](C)(OC)C(CC)C(C)CN1C[C@@]2(CCCc3cc(Cl)ccc32)COc2ccc(C(=O)NS(=O)CCOC)cc21. The maximum Gasteiger partial charge on any atom is 0.263 e. The maximum atomic E-state index is 13.2. The van der Waals surface area contributed by atoms with Gasteiger partial charge in [-0.2, -0.15) is 0 Å². The Balaban J connectivity index is 0.000000602. The van der Waals surface area contributed by atoms with E-state index in [4.69, 9.17) is 25.8 Å². The van der Waals surface area contributed by atoms with Crippen molar-refractivity contribution in [2.45, 2.75) is 105 Å². The predicted molar refractivity (Wildman–Crippen MR) is 236 cm³/mol. The van der Waals surface area contributed by atoms with Crippen LogP contribution < -0.4 is 14.4 Å². The van der Waals surface area contributed by atoms with Gasteiger partial charge >= 0.3 is 0 Å². The summed E-state index contributed by atoms with van der Waals surface area (Å²) >= 11 is 6.44. The Labute approximate surface area is 347 Å². The van der Waals surface area contributed by atoms with Crippen LogP contribution in [0, 0.1) is 11.8 Å². The lowest BCUT2D eigenvalue weighted by molar-refractivity contribution is -0.0230. The molecule has 2 heterocycles. The fourth-order valence-corrected chi connectivity index (χ4v) is 9.45. The number of nitrogens with one attached hydrogen (secondary N) is 1. The van der Waals surface area contributed by atoms with E-state index in [1.54, 1.807) is 20.3 Å². The third-order valence-corrected chi connectivity index (χ3v) is 12.9. The zero-order chi connectivity index (χ0) is 41.5. The first kappa shape index (κ1) is 47.9. The van der Waals surface area contributed by atoms with Gasteiger partial charge in [0.2, 0.25) is 0 Å². The van der Waals surface area contributed by atoms with Crippen molar-refractivity contribution in [2.24, 2.45) is 11.8 Å². The molecule has 1 fully saturated rings.